The number of nitrogens with one attached hydrogen (secondary N) is 1. The second-order valence-corrected chi connectivity index (χ2v) is 9.11. The highest BCUT2D eigenvalue weighted by Gasteiger charge is 2.32. The van der Waals surface area contributed by atoms with Crippen LogP contribution >= 0.6 is 34.7 Å². The van der Waals surface area contributed by atoms with Gasteiger partial charge in [0.15, 0.2) is 0 Å². The average molecular weight is 454 g/mol. The Morgan fingerprint density at radius 2 is 2.14 bits per heavy atom. The van der Waals surface area contributed by atoms with Crippen LogP contribution in [-0.4, -0.2) is 57.8 Å². The monoisotopic (exact) mass is 453 g/mol. The number of aliphatic hydroxyl groups is 1. The van der Waals surface area contributed by atoms with Crippen LogP contribution in [0.5, 0.6) is 0 Å². The fourth-order valence-electron chi connectivity index (χ4n) is 3.34. The van der Waals surface area contributed by atoms with E-state index >= 15 is 0 Å². The lowest BCUT2D eigenvalue weighted by molar-refractivity contribution is -0.140. The minimum absolute atomic E-state index is 0.0600. The summed E-state index contributed by atoms with van der Waals surface area (Å²) in [5.74, 6) is -0.163. The number of piperidine rings is 1. The zero-order valence-corrected chi connectivity index (χ0v) is 18.3. The number of thiazole rings is 1. The fourth-order valence-corrected chi connectivity index (χ4v) is 4.75. The van der Waals surface area contributed by atoms with E-state index in [9.17, 15) is 14.7 Å². The van der Waals surface area contributed by atoms with Gasteiger partial charge in [-0.2, -0.15) is 0 Å². The highest BCUT2D eigenvalue weighted by atomic mass is 35.5. The van der Waals surface area contributed by atoms with E-state index in [4.69, 9.17) is 11.6 Å². The molecule has 0 spiro atoms. The van der Waals surface area contributed by atoms with Gasteiger partial charge < -0.3 is 15.3 Å². The van der Waals surface area contributed by atoms with E-state index in [1.54, 1.807) is 22.5 Å². The molecule has 0 aliphatic carbocycles. The summed E-state index contributed by atoms with van der Waals surface area (Å²) in [6.45, 7) is 0.544. The lowest BCUT2D eigenvalue weighted by Gasteiger charge is -2.37. The molecule has 2 amide bonds. The van der Waals surface area contributed by atoms with E-state index in [-0.39, 0.29) is 30.2 Å². The minimum atomic E-state index is -0.692. The molecule has 2 N–H and O–H groups in total. The van der Waals surface area contributed by atoms with Gasteiger partial charge >= 0.3 is 0 Å². The number of thioether (sulfide) groups is 1. The number of amides is 2. The van der Waals surface area contributed by atoms with Gasteiger partial charge in [0.25, 0.3) is 0 Å². The first-order valence-corrected chi connectivity index (χ1v) is 11.8. The van der Waals surface area contributed by atoms with Crippen molar-refractivity contribution in [1.29, 1.82) is 0 Å². The van der Waals surface area contributed by atoms with Gasteiger partial charge in [0.05, 0.1) is 29.6 Å². The van der Waals surface area contributed by atoms with Gasteiger partial charge in [-0.3, -0.25) is 9.59 Å². The highest BCUT2D eigenvalue weighted by molar-refractivity contribution is 8.00. The number of halogens is 1. The SMILES string of the molecule is O=C(CSc1ccc(Cl)cc1)NC(Cc1cscn1)C(=O)N1CCCCC1CO. The predicted molar refractivity (Wildman–Crippen MR) is 116 cm³/mol. The van der Waals surface area contributed by atoms with Crippen molar-refractivity contribution < 1.29 is 14.7 Å². The highest BCUT2D eigenvalue weighted by Crippen LogP contribution is 2.21. The molecule has 9 heteroatoms. The zero-order valence-electron chi connectivity index (χ0n) is 15.9. The summed E-state index contributed by atoms with van der Waals surface area (Å²) in [6.07, 6.45) is 3.03. The molecule has 0 bridgehead atoms. The first-order valence-electron chi connectivity index (χ1n) is 9.53. The number of likely N-dealkylation sites (tertiary alicyclic amines) is 1. The minimum Gasteiger partial charge on any atom is -0.394 e. The van der Waals surface area contributed by atoms with Crippen molar-refractivity contribution >= 4 is 46.5 Å². The normalized spacial score (nSPS) is 17.7. The Labute approximate surface area is 183 Å². The summed E-state index contributed by atoms with van der Waals surface area (Å²) in [6, 6.07) is 6.40. The Morgan fingerprint density at radius 3 is 2.83 bits per heavy atom. The van der Waals surface area contributed by atoms with Crippen molar-refractivity contribution in [3.8, 4) is 0 Å². The van der Waals surface area contributed by atoms with Crippen molar-refractivity contribution in [3.63, 3.8) is 0 Å². The maximum Gasteiger partial charge on any atom is 0.245 e. The summed E-state index contributed by atoms with van der Waals surface area (Å²) in [4.78, 5) is 32.7. The number of carbonyl (C=O) groups excluding carboxylic acids is 2. The predicted octanol–water partition coefficient (Wildman–Crippen LogP) is 2.99. The van der Waals surface area contributed by atoms with E-state index in [0.29, 0.717) is 18.0 Å². The Kier molecular flexibility index (Phi) is 8.35. The maximum absolute atomic E-state index is 13.2. The molecular formula is C20H24ClN3O3S2. The molecule has 2 unspecified atom stereocenters. The van der Waals surface area contributed by atoms with Gasteiger partial charge in [-0.15, -0.1) is 23.1 Å². The molecule has 6 nitrogen and oxygen atoms in total. The molecule has 156 valence electrons. The van der Waals surface area contributed by atoms with Crippen molar-refractivity contribution in [1.82, 2.24) is 15.2 Å². The number of hydrogen-bond donors (Lipinski definition) is 2. The molecule has 1 aromatic carbocycles. The standard InChI is InChI=1S/C20H24ClN3O3S2/c21-14-4-6-17(7-5-14)29-12-19(26)23-18(9-15-11-28-13-22-15)20(27)24-8-2-1-3-16(24)10-25/h4-7,11,13,16,18,25H,1-3,8-10,12H2,(H,23,26). The lowest BCUT2D eigenvalue weighted by Crippen LogP contribution is -2.55. The van der Waals surface area contributed by atoms with Crippen LogP contribution < -0.4 is 5.32 Å². The molecule has 0 radical (unpaired) electrons. The van der Waals surface area contributed by atoms with E-state index in [1.165, 1.54) is 23.1 Å². The van der Waals surface area contributed by atoms with Crippen molar-refractivity contribution in [2.45, 2.75) is 42.7 Å². The van der Waals surface area contributed by atoms with E-state index in [1.807, 2.05) is 17.5 Å². The van der Waals surface area contributed by atoms with Gasteiger partial charge in [0.1, 0.15) is 6.04 Å². The maximum atomic E-state index is 13.2. The number of benzene rings is 1. The van der Waals surface area contributed by atoms with Crippen molar-refractivity contribution in [3.05, 3.63) is 45.9 Å². The summed E-state index contributed by atoms with van der Waals surface area (Å²) in [5, 5.41) is 15.1. The van der Waals surface area contributed by atoms with Gasteiger partial charge in [0.2, 0.25) is 11.8 Å². The summed E-state index contributed by atoms with van der Waals surface area (Å²) in [7, 11) is 0. The summed E-state index contributed by atoms with van der Waals surface area (Å²) >= 11 is 8.74. The number of aliphatic hydroxyl groups excluding tert-OH is 1. The quantitative estimate of drug-likeness (QED) is 0.600. The van der Waals surface area contributed by atoms with E-state index in [0.717, 1.165) is 29.9 Å². The molecule has 1 saturated heterocycles. The summed E-state index contributed by atoms with van der Waals surface area (Å²) in [5.41, 5.74) is 2.49. The molecule has 3 rings (SSSR count). The smallest absolute Gasteiger partial charge is 0.245 e. The van der Waals surface area contributed by atoms with Crippen LogP contribution in [0.2, 0.25) is 5.02 Å². The van der Waals surface area contributed by atoms with Crippen LogP contribution in [0.4, 0.5) is 0 Å². The number of rotatable bonds is 8. The molecule has 1 aliphatic rings. The molecule has 1 fully saturated rings. The van der Waals surface area contributed by atoms with Gasteiger partial charge in [-0.25, -0.2) is 4.98 Å². The van der Waals surface area contributed by atoms with Crippen LogP contribution in [0.15, 0.2) is 40.1 Å². The van der Waals surface area contributed by atoms with E-state index in [2.05, 4.69) is 10.3 Å². The molecule has 0 saturated carbocycles. The second kappa shape index (κ2) is 11.0. The summed E-state index contributed by atoms with van der Waals surface area (Å²) < 4.78 is 0. The van der Waals surface area contributed by atoms with Crippen LogP contribution in [0, 0.1) is 0 Å². The molecule has 2 aromatic rings. The van der Waals surface area contributed by atoms with Crippen LogP contribution in [0.1, 0.15) is 25.0 Å². The Morgan fingerprint density at radius 1 is 1.34 bits per heavy atom. The average Bonchev–Trinajstić information content (AvgIpc) is 3.25. The third-order valence-electron chi connectivity index (χ3n) is 4.83. The zero-order chi connectivity index (χ0) is 20.6. The van der Waals surface area contributed by atoms with Crippen LogP contribution in [0.25, 0.3) is 0 Å². The topological polar surface area (TPSA) is 82.5 Å². The lowest BCUT2D eigenvalue weighted by atomic mass is 10.0. The van der Waals surface area contributed by atoms with E-state index < -0.39 is 6.04 Å². The fraction of sp³-hybridized carbons (Fsp3) is 0.450. The Balaban J connectivity index is 1.65. The molecule has 29 heavy (non-hydrogen) atoms. The largest absolute Gasteiger partial charge is 0.394 e. The van der Waals surface area contributed by atoms with Gasteiger partial charge in [-0.05, 0) is 43.5 Å². The number of hydrogen-bond acceptors (Lipinski definition) is 6. The Hall–Kier alpha value is -1.61. The number of nitrogens with zero attached hydrogens (tertiary/aromatic N) is 2. The first-order chi connectivity index (χ1) is 14.1. The third kappa shape index (κ3) is 6.44. The third-order valence-corrected chi connectivity index (χ3v) is 6.73. The number of carbonyl (C=O) groups is 2. The van der Waals surface area contributed by atoms with Gasteiger partial charge in [0, 0.05) is 28.3 Å². The van der Waals surface area contributed by atoms with Crippen molar-refractivity contribution in [2.24, 2.45) is 0 Å². The number of aromatic nitrogens is 1. The van der Waals surface area contributed by atoms with Crippen LogP contribution in [-0.2, 0) is 16.0 Å². The molecule has 2 atom stereocenters. The van der Waals surface area contributed by atoms with Gasteiger partial charge in [-0.1, -0.05) is 11.6 Å². The molecule has 1 aromatic heterocycles. The second-order valence-electron chi connectivity index (χ2n) is 6.91. The van der Waals surface area contributed by atoms with Crippen molar-refractivity contribution in [2.75, 3.05) is 18.9 Å². The molecule has 1 aliphatic heterocycles. The Bertz CT molecular complexity index is 802. The first kappa shape index (κ1) is 22.1. The molecule has 2 heterocycles. The van der Waals surface area contributed by atoms with Crippen LogP contribution in [0.3, 0.4) is 0 Å². The molecular weight excluding hydrogens is 430 g/mol.